The number of nitrogens with zero attached hydrogens (tertiary/aromatic N) is 2. The number of hydrogen-bond acceptors (Lipinski definition) is 9. The molecule has 1 fully saturated rings. The molecule has 47 heavy (non-hydrogen) atoms. The van der Waals surface area contributed by atoms with Gasteiger partial charge < -0.3 is 20.5 Å². The third kappa shape index (κ3) is 8.88. The fraction of sp³-hybridized carbons (Fsp3) is 0.286. The first-order valence-corrected chi connectivity index (χ1v) is 17.0. The molecule has 3 atom stereocenters. The lowest BCUT2D eigenvalue weighted by molar-refractivity contribution is -0.384. The zero-order chi connectivity index (χ0) is 33.4. The maximum atomic E-state index is 13.8. The minimum Gasteiger partial charge on any atom is -0.497 e. The smallest absolute Gasteiger partial charge is 0.272 e. The first-order valence-electron chi connectivity index (χ1n) is 15.4. The summed E-state index contributed by atoms with van der Waals surface area (Å²) in [4.78, 5) is 25.1. The van der Waals surface area contributed by atoms with Gasteiger partial charge in [-0.25, -0.2) is 0 Å². The van der Waals surface area contributed by atoms with Crippen molar-refractivity contribution in [2.75, 3.05) is 30.3 Å². The molecule has 248 valence electrons. The Labute approximate surface area is 275 Å². The minimum atomic E-state index is -3.29. The summed E-state index contributed by atoms with van der Waals surface area (Å²) in [5, 5.41) is 29.4. The number of nitro groups is 1. The number of methoxy groups -OCH3 is 1. The number of nitrogens with one attached hydrogen (secondary N) is 2. The summed E-state index contributed by atoms with van der Waals surface area (Å²) in [7, 11) is -1.70. The van der Waals surface area contributed by atoms with Crippen LogP contribution in [0.3, 0.4) is 0 Å². The third-order valence-corrected chi connectivity index (χ3v) is 10.2. The number of aliphatic hydroxyl groups excluding tert-OH is 1. The molecule has 5 N–H and O–H groups in total. The Morgan fingerprint density at radius 3 is 2.40 bits per heavy atom. The third-order valence-electron chi connectivity index (χ3n) is 8.31. The molecule has 4 aromatic carbocycles. The number of benzene rings is 4. The van der Waals surface area contributed by atoms with E-state index in [0.29, 0.717) is 19.4 Å². The molecule has 1 aliphatic rings. The summed E-state index contributed by atoms with van der Waals surface area (Å²) in [5.74, 6) is 0.139. The molecule has 0 saturated carbocycles. The van der Waals surface area contributed by atoms with Crippen LogP contribution in [0.25, 0.3) is 0 Å². The summed E-state index contributed by atoms with van der Waals surface area (Å²) in [6.07, 6.45) is -0.165. The standard InChI is InChI=1S/C35H40N4O7S/c1-46-32-14-8-11-26(17-32)22-36-23-34(40)33(18-25-9-4-2-5-10-25)37-35(41)29-19-30(21-31(20-29)39(42)43)38-24-28(15-16-47(38,44)45)27-12-6-3-7-13-27/h2-14,17,19-21,28,33-34,36,40,44-45H,15-16,18,22-24H2,1H3,(H,37,41). The molecule has 0 bridgehead atoms. The monoisotopic (exact) mass is 660 g/mol. The molecule has 3 unspecified atom stereocenters. The molecule has 0 aromatic heterocycles. The highest BCUT2D eigenvalue weighted by molar-refractivity contribution is 8.25. The predicted octanol–water partition coefficient (Wildman–Crippen LogP) is 5.75. The van der Waals surface area contributed by atoms with Crippen LogP contribution in [0.2, 0.25) is 0 Å². The number of hydrogen-bond donors (Lipinski definition) is 5. The van der Waals surface area contributed by atoms with Gasteiger partial charge in [0.05, 0.1) is 35.6 Å². The molecule has 0 aliphatic carbocycles. The summed E-state index contributed by atoms with van der Waals surface area (Å²) < 4.78 is 28.7. The quantitative estimate of drug-likeness (QED) is 0.0889. The van der Waals surface area contributed by atoms with E-state index < -0.39 is 33.8 Å². The molecule has 1 saturated heterocycles. The molecule has 4 aromatic rings. The Morgan fingerprint density at radius 2 is 1.70 bits per heavy atom. The van der Waals surface area contributed by atoms with Crippen molar-refractivity contribution in [3.05, 3.63) is 135 Å². The van der Waals surface area contributed by atoms with Crippen molar-refractivity contribution in [2.45, 2.75) is 37.5 Å². The molecule has 0 spiro atoms. The highest BCUT2D eigenvalue weighted by Crippen LogP contribution is 2.53. The van der Waals surface area contributed by atoms with Crippen LogP contribution in [0.15, 0.2) is 103 Å². The molecule has 1 amide bonds. The van der Waals surface area contributed by atoms with Crippen LogP contribution in [-0.4, -0.2) is 63.1 Å². The largest absolute Gasteiger partial charge is 0.497 e. The number of aliphatic hydroxyl groups is 1. The van der Waals surface area contributed by atoms with Gasteiger partial charge in [-0.3, -0.25) is 28.3 Å². The minimum absolute atomic E-state index is 0.0270. The maximum Gasteiger partial charge on any atom is 0.272 e. The van der Waals surface area contributed by atoms with Crippen molar-refractivity contribution in [1.82, 2.24) is 10.6 Å². The Kier molecular flexibility index (Phi) is 11.1. The van der Waals surface area contributed by atoms with Gasteiger partial charge in [0.15, 0.2) is 0 Å². The second kappa shape index (κ2) is 15.4. The molecule has 0 radical (unpaired) electrons. The lowest BCUT2D eigenvalue weighted by atomic mass is 9.96. The Bertz CT molecular complexity index is 1660. The van der Waals surface area contributed by atoms with Gasteiger partial charge in [-0.2, -0.15) is 0 Å². The van der Waals surface area contributed by atoms with E-state index in [1.807, 2.05) is 84.9 Å². The first-order chi connectivity index (χ1) is 22.6. The summed E-state index contributed by atoms with van der Waals surface area (Å²) in [6, 6.07) is 29.7. The van der Waals surface area contributed by atoms with Crippen LogP contribution in [0.1, 0.15) is 39.4 Å². The normalized spacial score (nSPS) is 17.7. The molecule has 11 nitrogen and oxygen atoms in total. The van der Waals surface area contributed by atoms with E-state index in [1.165, 1.54) is 16.4 Å². The summed E-state index contributed by atoms with van der Waals surface area (Å²) in [5.41, 5.74) is 2.66. The molecule has 1 aliphatic heterocycles. The van der Waals surface area contributed by atoms with Gasteiger partial charge in [0.25, 0.3) is 11.6 Å². The van der Waals surface area contributed by atoms with Crippen LogP contribution < -0.4 is 19.7 Å². The van der Waals surface area contributed by atoms with Crippen LogP contribution in [0.4, 0.5) is 11.4 Å². The van der Waals surface area contributed by atoms with E-state index in [1.54, 1.807) is 7.11 Å². The average molecular weight is 661 g/mol. The molecule has 5 rings (SSSR count). The number of rotatable bonds is 13. The van der Waals surface area contributed by atoms with Gasteiger partial charge >= 0.3 is 0 Å². The van der Waals surface area contributed by atoms with Crippen molar-refractivity contribution in [2.24, 2.45) is 0 Å². The Hall–Kier alpha value is -4.46. The molecular formula is C35H40N4O7S. The van der Waals surface area contributed by atoms with Crippen LogP contribution in [0, 0.1) is 10.1 Å². The first kappa shape index (κ1) is 33.9. The van der Waals surface area contributed by atoms with Gasteiger partial charge in [-0.05, 0) is 47.7 Å². The van der Waals surface area contributed by atoms with E-state index in [0.717, 1.165) is 28.5 Å². The number of non-ortho nitro benzene ring substituents is 1. The SMILES string of the molecule is COc1cccc(CNCC(O)C(Cc2ccccc2)NC(=O)c2cc(N3CC(c4ccccc4)CCS3(O)O)cc([N+](=O)[O-])c2)c1. The number of carbonyl (C=O) groups excluding carboxylic acids is 1. The number of carbonyl (C=O) groups is 1. The molecule has 12 heteroatoms. The topological polar surface area (TPSA) is 157 Å². The van der Waals surface area contributed by atoms with Gasteiger partial charge in [0.1, 0.15) is 5.75 Å². The van der Waals surface area contributed by atoms with E-state index >= 15 is 0 Å². The van der Waals surface area contributed by atoms with Crippen molar-refractivity contribution in [3.63, 3.8) is 0 Å². The van der Waals surface area contributed by atoms with Gasteiger partial charge in [-0.1, -0.05) is 72.8 Å². The zero-order valence-electron chi connectivity index (χ0n) is 26.1. The second-order valence-electron chi connectivity index (χ2n) is 11.6. The van der Waals surface area contributed by atoms with Crippen molar-refractivity contribution in [3.8, 4) is 5.75 Å². The fourth-order valence-corrected chi connectivity index (χ4v) is 7.44. The second-order valence-corrected chi connectivity index (χ2v) is 13.7. The highest BCUT2D eigenvalue weighted by atomic mass is 32.3. The maximum absolute atomic E-state index is 13.8. The van der Waals surface area contributed by atoms with Gasteiger partial charge in [0, 0.05) is 43.2 Å². The summed E-state index contributed by atoms with van der Waals surface area (Å²) in [6.45, 7) is 0.828. The Morgan fingerprint density at radius 1 is 1.00 bits per heavy atom. The van der Waals surface area contributed by atoms with E-state index in [2.05, 4.69) is 10.6 Å². The van der Waals surface area contributed by atoms with Gasteiger partial charge in [0.2, 0.25) is 0 Å². The van der Waals surface area contributed by atoms with Crippen molar-refractivity contribution in [1.29, 1.82) is 0 Å². The van der Waals surface area contributed by atoms with Gasteiger partial charge in [-0.15, -0.1) is 10.8 Å². The molecular weight excluding hydrogens is 620 g/mol. The van der Waals surface area contributed by atoms with E-state index in [4.69, 9.17) is 4.74 Å². The van der Waals surface area contributed by atoms with Crippen LogP contribution in [-0.2, 0) is 13.0 Å². The number of anilines is 1. The van der Waals surface area contributed by atoms with Crippen LogP contribution in [0.5, 0.6) is 5.75 Å². The summed E-state index contributed by atoms with van der Waals surface area (Å²) >= 11 is 0. The number of nitro benzene ring substituents is 1. The zero-order valence-corrected chi connectivity index (χ0v) is 26.9. The van der Waals surface area contributed by atoms with E-state index in [-0.39, 0.29) is 41.7 Å². The predicted molar refractivity (Wildman–Crippen MR) is 184 cm³/mol. The Balaban J connectivity index is 1.37. The lowest BCUT2D eigenvalue weighted by Crippen LogP contribution is -2.48. The van der Waals surface area contributed by atoms with Crippen molar-refractivity contribution < 1.29 is 28.7 Å². The highest BCUT2D eigenvalue weighted by Gasteiger charge is 2.34. The van der Waals surface area contributed by atoms with Crippen molar-refractivity contribution >= 4 is 28.1 Å². The average Bonchev–Trinajstić information content (AvgIpc) is 3.08. The lowest BCUT2D eigenvalue weighted by Gasteiger charge is -2.50. The van der Waals surface area contributed by atoms with Crippen LogP contribution >= 0.6 is 10.8 Å². The fourth-order valence-electron chi connectivity index (χ4n) is 5.76. The molecule has 1 heterocycles. The van der Waals surface area contributed by atoms with E-state index in [9.17, 15) is 29.1 Å². The number of amides is 1. The number of ether oxygens (including phenoxy) is 1.